The number of carbonyl (C=O) groups is 2. The van der Waals surface area contributed by atoms with Crippen LogP contribution in [0.4, 0.5) is 0 Å². The summed E-state index contributed by atoms with van der Waals surface area (Å²) in [7, 11) is 0. The van der Waals surface area contributed by atoms with Crippen molar-refractivity contribution in [3.8, 4) is 5.75 Å². The van der Waals surface area contributed by atoms with E-state index in [0.29, 0.717) is 11.3 Å². The Morgan fingerprint density at radius 2 is 1.92 bits per heavy atom. The molecule has 0 atom stereocenters. The van der Waals surface area contributed by atoms with Crippen LogP contribution in [-0.2, 0) is 4.79 Å². The van der Waals surface area contributed by atoms with Gasteiger partial charge in [-0.05, 0) is 57.0 Å². The Morgan fingerprint density at radius 1 is 1.08 bits per heavy atom. The van der Waals surface area contributed by atoms with Gasteiger partial charge in [0.05, 0.1) is 10.0 Å². The van der Waals surface area contributed by atoms with Gasteiger partial charge in [0.2, 0.25) is 0 Å². The molecule has 0 saturated heterocycles. The number of pyridine rings is 1. The van der Waals surface area contributed by atoms with Gasteiger partial charge in [-0.25, -0.2) is 0 Å². The first-order valence-electron chi connectivity index (χ1n) is 7.54. The quantitative estimate of drug-likeness (QED) is 0.561. The van der Waals surface area contributed by atoms with Crippen molar-refractivity contribution < 1.29 is 14.3 Å². The second kappa shape index (κ2) is 8.29. The molecule has 0 saturated carbocycles. The smallest absolute Gasteiger partial charge is 0.276 e. The Morgan fingerprint density at radius 3 is 2.69 bits per heavy atom. The fourth-order valence-corrected chi connectivity index (χ4v) is 3.22. The lowest BCUT2D eigenvalue weighted by Crippen LogP contribution is -2.43. The second-order valence-electron chi connectivity index (χ2n) is 5.28. The van der Waals surface area contributed by atoms with E-state index < -0.39 is 11.8 Å². The number of hydrogen-bond acceptors (Lipinski definition) is 4. The molecule has 0 aliphatic heterocycles. The first kappa shape index (κ1) is 18.3. The maximum Gasteiger partial charge on any atom is 0.276 e. The lowest BCUT2D eigenvalue weighted by molar-refractivity contribution is -0.123. The van der Waals surface area contributed by atoms with Crippen LogP contribution >= 0.6 is 31.9 Å². The molecule has 132 valence electrons. The Kier molecular flexibility index (Phi) is 5.85. The highest BCUT2D eigenvalue weighted by Gasteiger charge is 2.10. The monoisotopic (exact) mass is 477 g/mol. The van der Waals surface area contributed by atoms with Gasteiger partial charge in [0.15, 0.2) is 6.61 Å². The van der Waals surface area contributed by atoms with Crippen LogP contribution in [0, 0.1) is 0 Å². The normalized spacial score (nSPS) is 10.4. The van der Waals surface area contributed by atoms with Crippen molar-refractivity contribution in [2.75, 3.05) is 6.61 Å². The third-order valence-corrected chi connectivity index (χ3v) is 4.79. The number of rotatable bonds is 4. The van der Waals surface area contributed by atoms with Crippen LogP contribution in [0.15, 0.2) is 63.8 Å². The van der Waals surface area contributed by atoms with Gasteiger partial charge < -0.3 is 4.74 Å². The minimum Gasteiger partial charge on any atom is -0.483 e. The number of amides is 2. The SMILES string of the molecule is O=C(COc1ccc2cc(Br)ccc2c1Br)NNC(=O)c1cccnc1. The van der Waals surface area contributed by atoms with E-state index >= 15 is 0 Å². The minimum atomic E-state index is -0.481. The summed E-state index contributed by atoms with van der Waals surface area (Å²) >= 11 is 6.93. The highest BCUT2D eigenvalue weighted by Crippen LogP contribution is 2.34. The molecule has 2 N–H and O–H groups in total. The van der Waals surface area contributed by atoms with Crippen molar-refractivity contribution in [1.82, 2.24) is 15.8 Å². The van der Waals surface area contributed by atoms with E-state index in [0.717, 1.165) is 19.7 Å². The lowest BCUT2D eigenvalue weighted by atomic mass is 10.1. The zero-order valence-corrected chi connectivity index (χ0v) is 16.5. The number of benzene rings is 2. The molecule has 3 rings (SSSR count). The van der Waals surface area contributed by atoms with Gasteiger partial charge in [0.1, 0.15) is 5.75 Å². The van der Waals surface area contributed by atoms with E-state index in [1.165, 1.54) is 6.20 Å². The number of fused-ring (bicyclic) bond motifs is 1. The summed E-state index contributed by atoms with van der Waals surface area (Å²) in [5, 5.41) is 2.00. The van der Waals surface area contributed by atoms with Crippen LogP contribution in [0.2, 0.25) is 0 Å². The van der Waals surface area contributed by atoms with Gasteiger partial charge in [0.25, 0.3) is 11.8 Å². The molecule has 1 heterocycles. The second-order valence-corrected chi connectivity index (χ2v) is 6.98. The van der Waals surface area contributed by atoms with Gasteiger partial charge in [-0.1, -0.05) is 28.1 Å². The van der Waals surface area contributed by atoms with E-state index in [4.69, 9.17) is 4.74 Å². The molecule has 0 bridgehead atoms. The molecule has 0 radical (unpaired) electrons. The van der Waals surface area contributed by atoms with Crippen LogP contribution < -0.4 is 15.6 Å². The highest BCUT2D eigenvalue weighted by molar-refractivity contribution is 9.11. The molecule has 0 unspecified atom stereocenters. The number of hydrazine groups is 1. The van der Waals surface area contributed by atoms with Crippen LogP contribution in [0.1, 0.15) is 10.4 Å². The Balaban J connectivity index is 1.58. The van der Waals surface area contributed by atoms with E-state index in [-0.39, 0.29) is 6.61 Å². The van der Waals surface area contributed by atoms with Crippen LogP contribution in [0.5, 0.6) is 5.75 Å². The third-order valence-electron chi connectivity index (χ3n) is 3.48. The zero-order chi connectivity index (χ0) is 18.5. The van der Waals surface area contributed by atoms with Gasteiger partial charge in [-0.15, -0.1) is 0 Å². The molecule has 6 nitrogen and oxygen atoms in total. The van der Waals surface area contributed by atoms with Crippen molar-refractivity contribution in [3.63, 3.8) is 0 Å². The summed E-state index contributed by atoms with van der Waals surface area (Å²) in [5.74, 6) is -0.400. The number of nitrogens with zero attached hydrogens (tertiary/aromatic N) is 1. The van der Waals surface area contributed by atoms with Crippen molar-refractivity contribution in [2.45, 2.75) is 0 Å². The molecule has 1 aromatic heterocycles. The lowest BCUT2D eigenvalue weighted by Gasteiger charge is -2.11. The molecule has 0 fully saturated rings. The number of nitrogens with one attached hydrogen (secondary N) is 2. The molecular weight excluding hydrogens is 466 g/mol. The molecule has 0 spiro atoms. The van der Waals surface area contributed by atoms with E-state index in [2.05, 4.69) is 47.7 Å². The molecule has 0 aliphatic carbocycles. The summed E-state index contributed by atoms with van der Waals surface area (Å²) < 4.78 is 7.28. The summed E-state index contributed by atoms with van der Waals surface area (Å²) in [5.41, 5.74) is 4.96. The largest absolute Gasteiger partial charge is 0.483 e. The predicted octanol–water partition coefficient (Wildman–Crippen LogP) is 3.60. The highest BCUT2D eigenvalue weighted by atomic mass is 79.9. The first-order valence-corrected chi connectivity index (χ1v) is 9.13. The Hall–Kier alpha value is -2.45. The van der Waals surface area contributed by atoms with Crippen molar-refractivity contribution in [2.24, 2.45) is 0 Å². The average molecular weight is 479 g/mol. The third kappa shape index (κ3) is 4.39. The molecule has 2 aromatic carbocycles. The first-order chi connectivity index (χ1) is 12.5. The molecule has 8 heteroatoms. The zero-order valence-electron chi connectivity index (χ0n) is 13.3. The molecule has 26 heavy (non-hydrogen) atoms. The standard InChI is InChI=1S/C18H13Br2N3O3/c19-13-4-5-14-11(8-13)3-6-15(17(14)20)26-10-16(24)22-23-18(25)12-2-1-7-21-9-12/h1-9H,10H2,(H,22,24)(H,23,25). The molecular formula is C18H13Br2N3O3. The van der Waals surface area contributed by atoms with Gasteiger partial charge in [-0.2, -0.15) is 0 Å². The average Bonchev–Trinajstić information content (AvgIpc) is 2.66. The van der Waals surface area contributed by atoms with Crippen LogP contribution in [-0.4, -0.2) is 23.4 Å². The maximum atomic E-state index is 11.9. The predicted molar refractivity (Wildman–Crippen MR) is 105 cm³/mol. The van der Waals surface area contributed by atoms with E-state index in [9.17, 15) is 9.59 Å². The minimum absolute atomic E-state index is 0.242. The summed E-state index contributed by atoms with van der Waals surface area (Å²) in [6.45, 7) is -0.242. The summed E-state index contributed by atoms with van der Waals surface area (Å²) in [6, 6.07) is 12.8. The Labute approximate surface area is 166 Å². The fourth-order valence-electron chi connectivity index (χ4n) is 2.23. The van der Waals surface area contributed by atoms with Gasteiger partial charge in [-0.3, -0.25) is 25.4 Å². The van der Waals surface area contributed by atoms with Gasteiger partial charge >= 0.3 is 0 Å². The fraction of sp³-hybridized carbons (Fsp3) is 0.0556. The number of hydrogen-bond donors (Lipinski definition) is 2. The summed E-state index contributed by atoms with van der Waals surface area (Å²) in [4.78, 5) is 27.6. The molecule has 0 aliphatic rings. The van der Waals surface area contributed by atoms with E-state index in [1.807, 2.05) is 24.3 Å². The van der Waals surface area contributed by atoms with Crippen molar-refractivity contribution >= 4 is 54.4 Å². The molecule has 3 aromatic rings. The van der Waals surface area contributed by atoms with E-state index in [1.54, 1.807) is 24.4 Å². The number of halogens is 2. The van der Waals surface area contributed by atoms with Crippen LogP contribution in [0.3, 0.4) is 0 Å². The topological polar surface area (TPSA) is 80.3 Å². The van der Waals surface area contributed by atoms with Crippen LogP contribution in [0.25, 0.3) is 10.8 Å². The van der Waals surface area contributed by atoms with Crippen molar-refractivity contribution in [3.05, 3.63) is 69.4 Å². The number of ether oxygens (including phenoxy) is 1. The number of aromatic nitrogens is 1. The molecule has 2 amide bonds. The maximum absolute atomic E-state index is 11.9. The number of carbonyl (C=O) groups excluding carboxylic acids is 2. The summed E-state index contributed by atoms with van der Waals surface area (Å²) in [6.07, 6.45) is 2.96. The Bertz CT molecular complexity index is 965. The van der Waals surface area contributed by atoms with Crippen molar-refractivity contribution in [1.29, 1.82) is 0 Å². The van der Waals surface area contributed by atoms with Gasteiger partial charge in [0, 0.05) is 16.9 Å².